The first-order chi connectivity index (χ1) is 15.0. The molecular formula is C22H26N6O3. The van der Waals surface area contributed by atoms with Crippen molar-refractivity contribution in [1.29, 1.82) is 5.26 Å². The van der Waals surface area contributed by atoms with E-state index in [-0.39, 0.29) is 23.2 Å². The summed E-state index contributed by atoms with van der Waals surface area (Å²) in [5.41, 5.74) is 8.41. The molecule has 0 aromatic carbocycles. The molecule has 31 heavy (non-hydrogen) atoms. The molecule has 1 saturated heterocycles. The van der Waals surface area contributed by atoms with E-state index in [2.05, 4.69) is 21.0 Å². The van der Waals surface area contributed by atoms with Crippen LogP contribution in [-0.2, 0) is 29.0 Å². The fourth-order valence-electron chi connectivity index (χ4n) is 4.24. The van der Waals surface area contributed by atoms with Crippen LogP contribution < -0.4 is 11.3 Å². The average molecular weight is 422 g/mol. The largest absolute Gasteiger partial charge is 0.383 e. The molecule has 1 amide bonds. The molecule has 0 saturated carbocycles. The molecule has 0 spiro atoms. The van der Waals surface area contributed by atoms with Crippen molar-refractivity contribution in [3.63, 3.8) is 0 Å². The first kappa shape index (κ1) is 21.0. The third kappa shape index (κ3) is 4.75. The third-order valence-electron chi connectivity index (χ3n) is 6.06. The Morgan fingerprint density at radius 3 is 2.97 bits per heavy atom. The second-order valence-electron chi connectivity index (χ2n) is 8.06. The lowest BCUT2D eigenvalue weighted by Crippen LogP contribution is -2.37. The third-order valence-corrected chi connectivity index (χ3v) is 6.06. The summed E-state index contributed by atoms with van der Waals surface area (Å²) in [5.74, 6) is 1.29. The SMILES string of the molecule is N#Cc1cc(C2CCN(C(=O)CCCc3nc4c(c(=O)[nH]3)COCC4)CC2)cnc1N. The van der Waals surface area contributed by atoms with Crippen molar-refractivity contribution in [3.05, 3.63) is 50.8 Å². The van der Waals surface area contributed by atoms with Gasteiger partial charge >= 0.3 is 0 Å². The maximum Gasteiger partial charge on any atom is 0.256 e. The minimum Gasteiger partial charge on any atom is -0.383 e. The Hall–Kier alpha value is -3.25. The number of likely N-dealkylation sites (tertiary alicyclic amines) is 1. The van der Waals surface area contributed by atoms with E-state index in [1.54, 1.807) is 6.20 Å². The number of amides is 1. The number of carbonyl (C=O) groups excluding carboxylic acids is 1. The van der Waals surface area contributed by atoms with Gasteiger partial charge in [0.1, 0.15) is 17.7 Å². The summed E-state index contributed by atoms with van der Waals surface area (Å²) < 4.78 is 5.32. The van der Waals surface area contributed by atoms with Gasteiger partial charge in [-0.05, 0) is 36.8 Å². The number of fused-ring (bicyclic) bond motifs is 1. The van der Waals surface area contributed by atoms with Crippen LogP contribution in [0.1, 0.15) is 59.8 Å². The number of carbonyl (C=O) groups is 1. The van der Waals surface area contributed by atoms with Gasteiger partial charge < -0.3 is 20.4 Å². The second-order valence-corrected chi connectivity index (χ2v) is 8.06. The van der Waals surface area contributed by atoms with Gasteiger partial charge in [0.05, 0.1) is 30.0 Å². The Labute approximate surface area is 180 Å². The Morgan fingerprint density at radius 2 is 2.19 bits per heavy atom. The van der Waals surface area contributed by atoms with Gasteiger partial charge in [0.25, 0.3) is 5.56 Å². The van der Waals surface area contributed by atoms with Crippen LogP contribution in [0.2, 0.25) is 0 Å². The van der Waals surface area contributed by atoms with E-state index in [0.29, 0.717) is 68.9 Å². The number of nitrogens with one attached hydrogen (secondary N) is 1. The molecular weight excluding hydrogens is 396 g/mol. The zero-order valence-electron chi connectivity index (χ0n) is 17.4. The summed E-state index contributed by atoms with van der Waals surface area (Å²) >= 11 is 0. The number of anilines is 1. The number of aromatic nitrogens is 3. The molecule has 2 aliphatic rings. The highest BCUT2D eigenvalue weighted by Crippen LogP contribution is 2.29. The van der Waals surface area contributed by atoms with Gasteiger partial charge in [0, 0.05) is 38.5 Å². The van der Waals surface area contributed by atoms with Crippen LogP contribution in [0, 0.1) is 11.3 Å². The molecule has 4 rings (SSSR count). The van der Waals surface area contributed by atoms with Crippen molar-refractivity contribution < 1.29 is 9.53 Å². The van der Waals surface area contributed by atoms with Crippen molar-refractivity contribution >= 4 is 11.7 Å². The summed E-state index contributed by atoms with van der Waals surface area (Å²) in [7, 11) is 0. The highest BCUT2D eigenvalue weighted by Gasteiger charge is 2.24. The number of nitriles is 1. The smallest absolute Gasteiger partial charge is 0.256 e. The average Bonchev–Trinajstić information content (AvgIpc) is 2.79. The Morgan fingerprint density at radius 1 is 1.39 bits per heavy atom. The monoisotopic (exact) mass is 422 g/mol. The number of hydrogen-bond acceptors (Lipinski definition) is 7. The Kier molecular flexibility index (Phi) is 6.28. The molecule has 0 unspecified atom stereocenters. The van der Waals surface area contributed by atoms with E-state index in [0.717, 1.165) is 24.1 Å². The molecule has 2 aromatic rings. The second kappa shape index (κ2) is 9.27. The van der Waals surface area contributed by atoms with Crippen LogP contribution in [0.15, 0.2) is 17.1 Å². The number of piperidine rings is 1. The molecule has 3 N–H and O–H groups in total. The molecule has 9 nitrogen and oxygen atoms in total. The topological polar surface area (TPSA) is 138 Å². The molecule has 9 heteroatoms. The van der Waals surface area contributed by atoms with Crippen LogP contribution in [-0.4, -0.2) is 45.5 Å². The Bertz CT molecular complexity index is 1070. The molecule has 1 fully saturated rings. The van der Waals surface area contributed by atoms with E-state index in [4.69, 9.17) is 15.7 Å². The number of H-pyrrole nitrogens is 1. The summed E-state index contributed by atoms with van der Waals surface area (Å²) in [6, 6.07) is 3.88. The first-order valence-corrected chi connectivity index (χ1v) is 10.7. The van der Waals surface area contributed by atoms with Gasteiger partial charge in [0.2, 0.25) is 5.91 Å². The molecule has 4 heterocycles. The van der Waals surface area contributed by atoms with E-state index >= 15 is 0 Å². The molecule has 0 radical (unpaired) electrons. The summed E-state index contributed by atoms with van der Waals surface area (Å²) in [6.45, 7) is 2.27. The maximum absolute atomic E-state index is 12.6. The van der Waals surface area contributed by atoms with Crippen molar-refractivity contribution in [2.24, 2.45) is 0 Å². The summed E-state index contributed by atoms with van der Waals surface area (Å²) in [5, 5.41) is 9.14. The van der Waals surface area contributed by atoms with Gasteiger partial charge in [-0.1, -0.05) is 0 Å². The first-order valence-electron chi connectivity index (χ1n) is 10.7. The van der Waals surface area contributed by atoms with Gasteiger partial charge in [-0.3, -0.25) is 9.59 Å². The fourth-order valence-corrected chi connectivity index (χ4v) is 4.24. The van der Waals surface area contributed by atoms with Gasteiger partial charge in [-0.2, -0.15) is 5.26 Å². The normalized spacial score (nSPS) is 16.5. The minimum absolute atomic E-state index is 0.125. The van der Waals surface area contributed by atoms with Crippen LogP contribution >= 0.6 is 0 Å². The predicted octanol–water partition coefficient (Wildman–Crippen LogP) is 1.42. The van der Waals surface area contributed by atoms with Gasteiger partial charge in [0.15, 0.2) is 0 Å². The number of pyridine rings is 1. The lowest BCUT2D eigenvalue weighted by atomic mass is 9.89. The van der Waals surface area contributed by atoms with Crippen molar-refractivity contribution in [3.8, 4) is 6.07 Å². The summed E-state index contributed by atoms with van der Waals surface area (Å²) in [6.07, 6.45) is 5.70. The van der Waals surface area contributed by atoms with Gasteiger partial charge in [-0.15, -0.1) is 0 Å². The lowest BCUT2D eigenvalue weighted by Gasteiger charge is -2.32. The van der Waals surface area contributed by atoms with Crippen molar-refractivity contribution in [2.45, 2.75) is 51.0 Å². The van der Waals surface area contributed by atoms with Gasteiger partial charge in [-0.25, -0.2) is 9.97 Å². The molecule has 2 aromatic heterocycles. The zero-order valence-corrected chi connectivity index (χ0v) is 17.4. The number of nitrogens with two attached hydrogens (primary N) is 1. The zero-order chi connectivity index (χ0) is 21.8. The van der Waals surface area contributed by atoms with Crippen LogP contribution in [0.5, 0.6) is 0 Å². The van der Waals surface area contributed by atoms with E-state index in [1.807, 2.05) is 11.0 Å². The number of rotatable bonds is 5. The quantitative estimate of drug-likeness (QED) is 0.743. The predicted molar refractivity (Wildman–Crippen MR) is 113 cm³/mol. The Balaban J connectivity index is 1.27. The highest BCUT2D eigenvalue weighted by molar-refractivity contribution is 5.76. The number of aryl methyl sites for hydroxylation is 1. The number of nitrogen functional groups attached to an aromatic ring is 1. The van der Waals surface area contributed by atoms with Crippen molar-refractivity contribution in [1.82, 2.24) is 19.9 Å². The molecule has 2 aliphatic heterocycles. The standard InChI is InChI=1S/C22H26N6O3/c23-11-15-10-16(12-25-21(15)24)14-4-7-28(8-5-14)20(29)3-1-2-19-26-18-6-9-31-13-17(18)22(30)27-19/h10,12,14H,1-9,13H2,(H2,24,25)(H,26,27,30). The van der Waals surface area contributed by atoms with Crippen molar-refractivity contribution in [2.75, 3.05) is 25.4 Å². The fraction of sp³-hybridized carbons (Fsp3) is 0.500. The number of nitrogens with zero attached hydrogens (tertiary/aromatic N) is 4. The van der Waals surface area contributed by atoms with Crippen LogP contribution in [0.4, 0.5) is 5.82 Å². The molecule has 0 bridgehead atoms. The number of aromatic amines is 1. The number of hydrogen-bond donors (Lipinski definition) is 2. The molecule has 0 atom stereocenters. The molecule has 162 valence electrons. The van der Waals surface area contributed by atoms with E-state index in [9.17, 15) is 9.59 Å². The van der Waals surface area contributed by atoms with Crippen LogP contribution in [0.25, 0.3) is 0 Å². The van der Waals surface area contributed by atoms with E-state index < -0.39 is 0 Å². The molecule has 0 aliphatic carbocycles. The van der Waals surface area contributed by atoms with Crippen LogP contribution in [0.3, 0.4) is 0 Å². The summed E-state index contributed by atoms with van der Waals surface area (Å²) in [4.78, 5) is 38.2. The highest BCUT2D eigenvalue weighted by atomic mass is 16.5. The minimum atomic E-state index is -0.134. The van der Waals surface area contributed by atoms with E-state index in [1.165, 1.54) is 0 Å². The lowest BCUT2D eigenvalue weighted by molar-refractivity contribution is -0.132. The number of ether oxygens (including phenoxy) is 1. The maximum atomic E-state index is 12.6.